The quantitative estimate of drug-likeness (QED) is 0.0285. The predicted octanol–water partition coefficient (Wildman–Crippen LogP) is 12.9. The van der Waals surface area contributed by atoms with E-state index in [0.717, 1.165) is 51.4 Å². The van der Waals surface area contributed by atoms with E-state index in [1.165, 1.54) is 154 Å². The minimum absolute atomic E-state index is 0. The van der Waals surface area contributed by atoms with Gasteiger partial charge in [-0.15, -0.1) is 0 Å². The van der Waals surface area contributed by atoms with E-state index in [-0.39, 0.29) is 54.6 Å². The van der Waals surface area contributed by atoms with Gasteiger partial charge in [-0.25, -0.2) is 0 Å². The van der Waals surface area contributed by atoms with Gasteiger partial charge < -0.3 is 9.47 Å². The van der Waals surface area contributed by atoms with Gasteiger partial charge in [-0.1, -0.05) is 220 Å². The molecule has 3 unspecified atom stereocenters. The Balaban J connectivity index is 0. The van der Waals surface area contributed by atoms with Gasteiger partial charge in [-0.05, 0) is 24.7 Å². The average Bonchev–Trinajstić information content (AvgIpc) is 3.12. The van der Waals surface area contributed by atoms with Gasteiger partial charge in [-0.2, -0.15) is 8.42 Å². The molecule has 7 nitrogen and oxygen atoms in total. The molecule has 0 aromatic heterocycles. The molecule has 0 heterocycles. The first-order valence-electron chi connectivity index (χ1n) is 22.5. The summed E-state index contributed by atoms with van der Waals surface area (Å²) < 4.78 is 44.6. The number of ether oxygens (including phenoxy) is 2. The molecular formula is C44H87NaO7S. The van der Waals surface area contributed by atoms with Gasteiger partial charge in [0.25, 0.3) is 10.1 Å². The molecule has 0 bridgehead atoms. The summed E-state index contributed by atoms with van der Waals surface area (Å²) in [5, 5.41) is -1.95. The van der Waals surface area contributed by atoms with Crippen LogP contribution >= 0.6 is 0 Å². The molecule has 53 heavy (non-hydrogen) atoms. The standard InChI is InChI=1S/C44H86O7S.Na.H/c1-5-9-11-13-15-17-19-21-23-25-27-29-31-33-35-40(7-3)38-50-43(45)37-42(52(47,48)49)44(46)51-39-41(8-4)36-34-32-30-28-26-24-22-20-18-16-14-12-10-6-2;;/h40-42H,5-39H2,1-4H3,(H,47,48,49);;. The first kappa shape index (κ1) is 54.9. The summed E-state index contributed by atoms with van der Waals surface area (Å²) in [5.41, 5.74) is 0. The van der Waals surface area contributed by atoms with E-state index in [1.54, 1.807) is 0 Å². The van der Waals surface area contributed by atoms with Crippen molar-refractivity contribution in [2.75, 3.05) is 13.2 Å². The van der Waals surface area contributed by atoms with Crippen molar-refractivity contribution in [3.63, 3.8) is 0 Å². The Morgan fingerprint density at radius 3 is 1.04 bits per heavy atom. The second-order valence-corrected chi connectivity index (χ2v) is 17.4. The fourth-order valence-corrected chi connectivity index (χ4v) is 7.75. The molecule has 0 saturated carbocycles. The van der Waals surface area contributed by atoms with Crippen molar-refractivity contribution in [2.24, 2.45) is 11.8 Å². The molecule has 0 amide bonds. The number of carbonyl (C=O) groups is 2. The number of esters is 2. The van der Waals surface area contributed by atoms with Crippen molar-refractivity contribution >= 4 is 51.6 Å². The number of rotatable bonds is 40. The molecule has 0 aliphatic heterocycles. The van der Waals surface area contributed by atoms with Crippen molar-refractivity contribution in [3.8, 4) is 0 Å². The molecule has 0 aliphatic carbocycles. The van der Waals surface area contributed by atoms with Crippen LogP contribution in [0.2, 0.25) is 0 Å². The third kappa shape index (κ3) is 36.0. The molecule has 1 N–H and O–H groups in total. The van der Waals surface area contributed by atoms with E-state index in [1.807, 2.05) is 6.92 Å². The van der Waals surface area contributed by atoms with Crippen molar-refractivity contribution in [1.82, 2.24) is 0 Å². The van der Waals surface area contributed by atoms with Gasteiger partial charge in [0.2, 0.25) is 0 Å². The summed E-state index contributed by atoms with van der Waals surface area (Å²) in [6, 6.07) is 0. The topological polar surface area (TPSA) is 107 Å². The van der Waals surface area contributed by atoms with Gasteiger partial charge in [0.1, 0.15) is 0 Å². The third-order valence-electron chi connectivity index (χ3n) is 11.0. The van der Waals surface area contributed by atoms with Gasteiger partial charge >= 0.3 is 41.5 Å². The Morgan fingerprint density at radius 1 is 0.472 bits per heavy atom. The SMILES string of the molecule is CCCCCCCCCCCCCCCCC(CC)COC(=O)CC(C(=O)OCC(CC)CCCCCCCCCCCCCCCC)S(=O)(=O)O.[NaH]. The first-order valence-corrected chi connectivity index (χ1v) is 24.0. The second kappa shape index (κ2) is 40.1. The van der Waals surface area contributed by atoms with E-state index in [9.17, 15) is 22.6 Å². The zero-order chi connectivity index (χ0) is 38.5. The van der Waals surface area contributed by atoms with Crippen LogP contribution in [0.25, 0.3) is 0 Å². The van der Waals surface area contributed by atoms with Gasteiger partial charge in [0.15, 0.2) is 5.25 Å². The number of unbranched alkanes of at least 4 members (excludes halogenated alkanes) is 26. The molecular weight excluding hydrogens is 696 g/mol. The summed E-state index contributed by atoms with van der Waals surface area (Å²) in [6.07, 6.45) is 39.3. The molecule has 312 valence electrons. The Hall–Kier alpha value is -0.150. The molecule has 0 aromatic carbocycles. The molecule has 0 radical (unpaired) electrons. The zero-order valence-corrected chi connectivity index (χ0v) is 35.6. The average molecular weight is 783 g/mol. The molecule has 9 heteroatoms. The Kier molecular flexibility index (Phi) is 41.5. The van der Waals surface area contributed by atoms with E-state index in [0.29, 0.717) is 0 Å². The van der Waals surface area contributed by atoms with E-state index in [4.69, 9.17) is 9.47 Å². The van der Waals surface area contributed by atoms with Gasteiger partial charge in [-0.3, -0.25) is 14.1 Å². The fourth-order valence-electron chi connectivity index (χ4n) is 7.09. The van der Waals surface area contributed by atoms with E-state index < -0.39 is 33.7 Å². The molecule has 3 atom stereocenters. The molecule has 0 saturated heterocycles. The Morgan fingerprint density at radius 2 is 0.755 bits per heavy atom. The van der Waals surface area contributed by atoms with Crippen LogP contribution in [0.3, 0.4) is 0 Å². The number of carbonyl (C=O) groups excluding carboxylic acids is 2. The van der Waals surface area contributed by atoms with Crippen LogP contribution in [-0.4, -0.2) is 72.9 Å². The maximum absolute atomic E-state index is 12.7. The monoisotopic (exact) mass is 783 g/mol. The Bertz CT molecular complexity index is 913. The first-order chi connectivity index (χ1) is 25.2. The van der Waals surface area contributed by atoms with Crippen molar-refractivity contribution in [2.45, 2.75) is 245 Å². The van der Waals surface area contributed by atoms with Crippen LogP contribution in [0.15, 0.2) is 0 Å². The van der Waals surface area contributed by atoms with E-state index >= 15 is 0 Å². The van der Waals surface area contributed by atoms with Crippen LogP contribution in [-0.2, 0) is 29.2 Å². The molecule has 0 spiro atoms. The molecule has 0 aromatic rings. The molecule has 0 fully saturated rings. The van der Waals surface area contributed by atoms with Crippen LogP contribution in [0.1, 0.15) is 240 Å². The molecule has 0 rings (SSSR count). The van der Waals surface area contributed by atoms with Gasteiger partial charge in [0.05, 0.1) is 19.6 Å². The van der Waals surface area contributed by atoms with Crippen molar-refractivity contribution in [3.05, 3.63) is 0 Å². The minimum atomic E-state index is -4.81. The summed E-state index contributed by atoms with van der Waals surface area (Å²) in [6.45, 7) is 8.89. The summed E-state index contributed by atoms with van der Waals surface area (Å²) in [4.78, 5) is 25.3. The third-order valence-corrected chi connectivity index (χ3v) is 12.1. The summed E-state index contributed by atoms with van der Waals surface area (Å²) >= 11 is 0. The molecule has 0 aliphatic rings. The van der Waals surface area contributed by atoms with Crippen molar-refractivity contribution in [1.29, 1.82) is 0 Å². The van der Waals surface area contributed by atoms with Crippen LogP contribution in [0, 0.1) is 11.8 Å². The predicted molar refractivity (Wildman–Crippen MR) is 226 cm³/mol. The normalized spacial score (nSPS) is 13.3. The second-order valence-electron chi connectivity index (χ2n) is 15.8. The van der Waals surface area contributed by atoms with Crippen LogP contribution < -0.4 is 0 Å². The van der Waals surface area contributed by atoms with Crippen LogP contribution in [0.4, 0.5) is 0 Å². The van der Waals surface area contributed by atoms with Gasteiger partial charge in [0, 0.05) is 0 Å². The Labute approximate surface area is 351 Å². The summed E-state index contributed by atoms with van der Waals surface area (Å²) in [7, 11) is -4.81. The number of hydrogen-bond acceptors (Lipinski definition) is 6. The van der Waals surface area contributed by atoms with E-state index in [2.05, 4.69) is 20.8 Å². The summed E-state index contributed by atoms with van der Waals surface area (Å²) in [5.74, 6) is -1.56. The number of hydrogen-bond donors (Lipinski definition) is 1. The maximum atomic E-state index is 12.7. The zero-order valence-electron chi connectivity index (χ0n) is 34.8. The fraction of sp³-hybridized carbons (Fsp3) is 0.955. The van der Waals surface area contributed by atoms with Crippen LogP contribution in [0.5, 0.6) is 0 Å². The van der Waals surface area contributed by atoms with Crippen molar-refractivity contribution < 1.29 is 32.0 Å².